The summed E-state index contributed by atoms with van der Waals surface area (Å²) in [5.41, 5.74) is 0.238. The highest BCUT2D eigenvalue weighted by Gasteiger charge is 2.28. The van der Waals surface area contributed by atoms with Crippen LogP contribution in [0.25, 0.3) is 0 Å². The zero-order chi connectivity index (χ0) is 13.4. The minimum absolute atomic E-state index is 0.238. The van der Waals surface area contributed by atoms with Crippen molar-refractivity contribution in [3.05, 3.63) is 15.5 Å². The summed E-state index contributed by atoms with van der Waals surface area (Å²) < 4.78 is 0.821. The van der Waals surface area contributed by atoms with E-state index in [1.807, 2.05) is 0 Å². The maximum absolute atomic E-state index is 6.04. The molecule has 0 aliphatic rings. The van der Waals surface area contributed by atoms with Gasteiger partial charge in [0, 0.05) is 5.41 Å². The van der Waals surface area contributed by atoms with E-state index in [1.54, 1.807) is 17.5 Å². The third-order valence-electron chi connectivity index (χ3n) is 3.66. The van der Waals surface area contributed by atoms with Crippen LogP contribution < -0.4 is 0 Å². The van der Waals surface area contributed by atoms with Gasteiger partial charge in [0.2, 0.25) is 0 Å². The van der Waals surface area contributed by atoms with E-state index in [1.165, 1.54) is 56.4 Å². The van der Waals surface area contributed by atoms with Crippen LogP contribution >= 0.6 is 22.9 Å². The molecule has 0 aliphatic carbocycles. The van der Waals surface area contributed by atoms with Crippen LogP contribution in [0, 0.1) is 0 Å². The Kier molecular flexibility index (Phi) is 7.25. The molecule has 1 aromatic heterocycles. The molecule has 1 aromatic rings. The van der Waals surface area contributed by atoms with Crippen LogP contribution in [0.1, 0.15) is 77.1 Å². The van der Waals surface area contributed by atoms with Gasteiger partial charge in [-0.25, -0.2) is 4.98 Å². The average Bonchev–Trinajstić information content (AvgIpc) is 2.80. The van der Waals surface area contributed by atoms with E-state index in [0.717, 1.165) is 4.34 Å². The maximum atomic E-state index is 6.04. The summed E-state index contributed by atoms with van der Waals surface area (Å²) in [6.45, 7) is 6.88. The Balaban J connectivity index is 2.62. The van der Waals surface area contributed by atoms with Gasteiger partial charge >= 0.3 is 0 Å². The van der Waals surface area contributed by atoms with Crippen molar-refractivity contribution in [2.45, 2.75) is 77.6 Å². The molecule has 0 bridgehead atoms. The molecule has 1 rings (SSSR count). The second kappa shape index (κ2) is 8.16. The number of hydrogen-bond donors (Lipinski definition) is 0. The number of rotatable bonds is 9. The molecule has 1 nitrogen and oxygen atoms in total. The van der Waals surface area contributed by atoms with Gasteiger partial charge in [-0.05, 0) is 12.8 Å². The van der Waals surface area contributed by atoms with Crippen LogP contribution in [-0.4, -0.2) is 4.98 Å². The summed E-state index contributed by atoms with van der Waals surface area (Å²) in [4.78, 5) is 4.53. The Morgan fingerprint density at radius 1 is 1.11 bits per heavy atom. The molecule has 104 valence electrons. The quantitative estimate of drug-likeness (QED) is 0.492. The lowest BCUT2D eigenvalue weighted by molar-refractivity contribution is 0.368. The molecule has 18 heavy (non-hydrogen) atoms. The highest BCUT2D eigenvalue weighted by molar-refractivity contribution is 7.15. The van der Waals surface area contributed by atoms with Crippen molar-refractivity contribution >= 4 is 22.9 Å². The fourth-order valence-corrected chi connectivity index (χ4v) is 3.50. The van der Waals surface area contributed by atoms with Gasteiger partial charge in [-0.2, -0.15) is 0 Å². The van der Waals surface area contributed by atoms with Crippen LogP contribution in [0.15, 0.2) is 6.20 Å². The Labute approximate surface area is 121 Å². The SMILES string of the molecule is CCCCCCC(C)(CCCC)c1ncc(Cl)s1. The van der Waals surface area contributed by atoms with Gasteiger partial charge in [0.1, 0.15) is 4.34 Å². The monoisotopic (exact) mass is 287 g/mol. The van der Waals surface area contributed by atoms with Gasteiger partial charge in [-0.3, -0.25) is 0 Å². The molecule has 1 heterocycles. The van der Waals surface area contributed by atoms with Crippen LogP contribution in [0.5, 0.6) is 0 Å². The second-order valence-corrected chi connectivity index (χ2v) is 7.11. The summed E-state index contributed by atoms with van der Waals surface area (Å²) in [6, 6.07) is 0. The first-order chi connectivity index (χ1) is 8.62. The van der Waals surface area contributed by atoms with Crippen LogP contribution in [0.2, 0.25) is 4.34 Å². The Hall–Kier alpha value is -0.0800. The van der Waals surface area contributed by atoms with E-state index >= 15 is 0 Å². The fourth-order valence-electron chi connectivity index (χ4n) is 2.38. The number of nitrogens with zero attached hydrogens (tertiary/aromatic N) is 1. The predicted octanol–water partition coefficient (Wildman–Crippen LogP) is 6.21. The molecular weight excluding hydrogens is 262 g/mol. The molecule has 0 spiro atoms. The molecule has 0 saturated carbocycles. The molecular formula is C15H26ClNS. The summed E-state index contributed by atoms with van der Waals surface area (Å²) in [6.07, 6.45) is 12.1. The second-order valence-electron chi connectivity index (χ2n) is 5.44. The number of hydrogen-bond acceptors (Lipinski definition) is 2. The standard InChI is InChI=1S/C15H26ClNS/c1-4-6-8-9-11-15(3,10-7-5-2)14-17-12-13(16)18-14/h12H,4-11H2,1-3H3. The van der Waals surface area contributed by atoms with Crippen LogP contribution in [-0.2, 0) is 5.41 Å². The van der Waals surface area contributed by atoms with Gasteiger partial charge in [0.15, 0.2) is 0 Å². The zero-order valence-corrected chi connectivity index (χ0v) is 13.5. The normalized spacial score (nSPS) is 14.7. The van der Waals surface area contributed by atoms with Crippen LogP contribution in [0.3, 0.4) is 0 Å². The first-order valence-corrected chi connectivity index (χ1v) is 8.43. The Morgan fingerprint density at radius 2 is 1.78 bits per heavy atom. The van der Waals surface area contributed by atoms with E-state index in [0.29, 0.717) is 0 Å². The van der Waals surface area contributed by atoms with Crippen molar-refractivity contribution in [3.8, 4) is 0 Å². The first kappa shape index (κ1) is 16.0. The fraction of sp³-hybridized carbons (Fsp3) is 0.800. The molecule has 0 saturated heterocycles. The van der Waals surface area contributed by atoms with Gasteiger partial charge in [-0.15, -0.1) is 11.3 Å². The lowest BCUT2D eigenvalue weighted by Gasteiger charge is -2.27. The predicted molar refractivity (Wildman–Crippen MR) is 82.8 cm³/mol. The van der Waals surface area contributed by atoms with Crippen LogP contribution in [0.4, 0.5) is 0 Å². The summed E-state index contributed by atoms with van der Waals surface area (Å²) in [7, 11) is 0. The van der Waals surface area contributed by atoms with Crippen molar-refractivity contribution in [2.24, 2.45) is 0 Å². The molecule has 0 amide bonds. The summed E-state index contributed by atoms with van der Waals surface area (Å²) >= 11 is 7.70. The topological polar surface area (TPSA) is 12.9 Å². The van der Waals surface area contributed by atoms with Gasteiger partial charge in [-0.1, -0.05) is 70.9 Å². The van der Waals surface area contributed by atoms with Crippen molar-refractivity contribution in [2.75, 3.05) is 0 Å². The highest BCUT2D eigenvalue weighted by atomic mass is 35.5. The number of aromatic nitrogens is 1. The third kappa shape index (κ3) is 4.89. The summed E-state index contributed by atoms with van der Waals surface area (Å²) in [5.74, 6) is 0. The minimum atomic E-state index is 0.238. The average molecular weight is 288 g/mol. The number of halogens is 1. The first-order valence-electron chi connectivity index (χ1n) is 7.24. The smallest absolute Gasteiger partial charge is 0.113 e. The molecule has 0 fully saturated rings. The van der Waals surface area contributed by atoms with Crippen molar-refractivity contribution in [1.29, 1.82) is 0 Å². The molecule has 0 aromatic carbocycles. The van der Waals surface area contributed by atoms with E-state index in [2.05, 4.69) is 25.8 Å². The van der Waals surface area contributed by atoms with Gasteiger partial charge in [0.25, 0.3) is 0 Å². The molecule has 0 aliphatic heterocycles. The molecule has 0 radical (unpaired) electrons. The van der Waals surface area contributed by atoms with E-state index in [4.69, 9.17) is 11.6 Å². The van der Waals surface area contributed by atoms with Crippen molar-refractivity contribution in [1.82, 2.24) is 4.98 Å². The van der Waals surface area contributed by atoms with Crippen molar-refractivity contribution in [3.63, 3.8) is 0 Å². The summed E-state index contributed by atoms with van der Waals surface area (Å²) in [5, 5.41) is 1.23. The lowest BCUT2D eigenvalue weighted by Crippen LogP contribution is -2.21. The van der Waals surface area contributed by atoms with E-state index in [-0.39, 0.29) is 5.41 Å². The van der Waals surface area contributed by atoms with Gasteiger partial charge < -0.3 is 0 Å². The Morgan fingerprint density at radius 3 is 2.33 bits per heavy atom. The zero-order valence-electron chi connectivity index (χ0n) is 12.0. The van der Waals surface area contributed by atoms with Crippen molar-refractivity contribution < 1.29 is 0 Å². The minimum Gasteiger partial charge on any atom is -0.247 e. The molecule has 0 N–H and O–H groups in total. The molecule has 1 unspecified atom stereocenters. The molecule has 1 atom stereocenters. The maximum Gasteiger partial charge on any atom is 0.113 e. The van der Waals surface area contributed by atoms with Gasteiger partial charge in [0.05, 0.1) is 11.2 Å². The Bertz CT molecular complexity index is 337. The van der Waals surface area contributed by atoms with E-state index in [9.17, 15) is 0 Å². The molecule has 3 heteroatoms. The lowest BCUT2D eigenvalue weighted by atomic mass is 9.80. The number of unbranched alkanes of at least 4 members (excludes halogenated alkanes) is 4. The number of thiazole rings is 1. The largest absolute Gasteiger partial charge is 0.247 e. The highest BCUT2D eigenvalue weighted by Crippen LogP contribution is 2.38. The van der Waals surface area contributed by atoms with E-state index < -0.39 is 0 Å². The third-order valence-corrected chi connectivity index (χ3v) is 5.08.